The number of nitrogens with zero attached hydrogens (tertiary/aromatic N) is 4. The number of para-hydroxylation sites is 1. The van der Waals surface area contributed by atoms with E-state index in [4.69, 9.17) is 10.3 Å². The first-order valence-corrected chi connectivity index (χ1v) is 8.98. The molecule has 2 N–H and O–H groups in total. The van der Waals surface area contributed by atoms with Gasteiger partial charge in [-0.1, -0.05) is 30.0 Å². The van der Waals surface area contributed by atoms with Gasteiger partial charge in [0.25, 0.3) is 0 Å². The summed E-state index contributed by atoms with van der Waals surface area (Å²) in [5.74, 6) is 7.29. The van der Waals surface area contributed by atoms with Crippen molar-refractivity contribution >= 4 is 23.4 Å². The van der Waals surface area contributed by atoms with Crippen LogP contribution < -0.4 is 10.7 Å². The average Bonchev–Trinajstić information content (AvgIpc) is 3.29. The van der Waals surface area contributed by atoms with Crippen molar-refractivity contribution in [2.24, 2.45) is 0 Å². The number of furan rings is 1. The van der Waals surface area contributed by atoms with Gasteiger partial charge in [0.05, 0.1) is 12.0 Å². The van der Waals surface area contributed by atoms with E-state index in [0.717, 1.165) is 25.1 Å². The first-order chi connectivity index (χ1) is 12.2. The van der Waals surface area contributed by atoms with Crippen molar-refractivity contribution in [2.45, 2.75) is 18.0 Å². The first kappa shape index (κ1) is 15.8. The van der Waals surface area contributed by atoms with Gasteiger partial charge in [0.1, 0.15) is 0 Å². The molecule has 1 aliphatic heterocycles. The van der Waals surface area contributed by atoms with Crippen LogP contribution >= 0.6 is 11.8 Å². The third kappa shape index (κ3) is 3.00. The fraction of sp³-hybridized carbons (Fsp3) is 0.235. The van der Waals surface area contributed by atoms with Crippen LogP contribution in [0.3, 0.4) is 0 Å². The number of anilines is 1. The normalized spacial score (nSPS) is 13.7. The smallest absolute Gasteiger partial charge is 0.237 e. The molecule has 0 radical (unpaired) electrons. The van der Waals surface area contributed by atoms with Gasteiger partial charge < -0.3 is 15.2 Å². The number of rotatable bonds is 4. The fourth-order valence-electron chi connectivity index (χ4n) is 2.95. The van der Waals surface area contributed by atoms with Gasteiger partial charge in [0.15, 0.2) is 5.76 Å². The molecule has 3 aromatic rings. The average molecular weight is 355 g/mol. The number of aryl methyl sites for hydroxylation is 1. The molecule has 7 nitrogen and oxygen atoms in total. The number of aromatic nitrogens is 3. The van der Waals surface area contributed by atoms with Crippen molar-refractivity contribution in [2.75, 3.05) is 23.0 Å². The Balaban J connectivity index is 1.47. The van der Waals surface area contributed by atoms with Crippen LogP contribution in [0.1, 0.15) is 12.0 Å². The van der Waals surface area contributed by atoms with Crippen molar-refractivity contribution < 1.29 is 9.21 Å². The molecular weight excluding hydrogens is 338 g/mol. The van der Waals surface area contributed by atoms with E-state index >= 15 is 0 Å². The van der Waals surface area contributed by atoms with Gasteiger partial charge in [-0.15, -0.1) is 10.2 Å². The monoisotopic (exact) mass is 355 g/mol. The summed E-state index contributed by atoms with van der Waals surface area (Å²) in [6.07, 6.45) is 3.54. The van der Waals surface area contributed by atoms with Crippen molar-refractivity contribution in [3.05, 3.63) is 48.2 Å². The standard InChI is InChI=1S/C17H17N5O2S/c18-22-16(14-8-4-10-24-14)19-20-17(22)25-11-15(23)21-9-3-6-12-5-1-2-7-13(12)21/h1-2,4-5,7-8,10H,3,6,9,11,18H2. The van der Waals surface area contributed by atoms with Crippen LogP contribution in [0.25, 0.3) is 11.6 Å². The van der Waals surface area contributed by atoms with E-state index < -0.39 is 0 Å². The largest absolute Gasteiger partial charge is 0.461 e. The van der Waals surface area contributed by atoms with Crippen LogP contribution in [0.4, 0.5) is 5.69 Å². The molecule has 1 aliphatic rings. The highest BCUT2D eigenvalue weighted by Crippen LogP contribution is 2.28. The van der Waals surface area contributed by atoms with E-state index in [1.165, 1.54) is 22.0 Å². The van der Waals surface area contributed by atoms with E-state index in [1.54, 1.807) is 18.4 Å². The molecule has 8 heteroatoms. The highest BCUT2D eigenvalue weighted by Gasteiger charge is 2.23. The molecule has 0 unspecified atom stereocenters. The van der Waals surface area contributed by atoms with Crippen LogP contribution in [-0.4, -0.2) is 33.1 Å². The number of benzene rings is 1. The number of hydrogen-bond acceptors (Lipinski definition) is 6. The van der Waals surface area contributed by atoms with Gasteiger partial charge in [0.2, 0.25) is 16.9 Å². The minimum atomic E-state index is 0.0414. The van der Waals surface area contributed by atoms with E-state index in [2.05, 4.69) is 16.3 Å². The van der Waals surface area contributed by atoms with E-state index in [-0.39, 0.29) is 11.7 Å². The van der Waals surface area contributed by atoms with Crippen LogP contribution in [-0.2, 0) is 11.2 Å². The van der Waals surface area contributed by atoms with Gasteiger partial charge in [-0.2, -0.15) is 0 Å². The summed E-state index contributed by atoms with van der Waals surface area (Å²) in [5.41, 5.74) is 2.22. The Morgan fingerprint density at radius 2 is 2.12 bits per heavy atom. The zero-order chi connectivity index (χ0) is 17.2. The Labute approximate surface area is 148 Å². The Morgan fingerprint density at radius 3 is 2.96 bits per heavy atom. The number of amides is 1. The molecule has 25 heavy (non-hydrogen) atoms. The molecule has 1 amide bonds. The van der Waals surface area contributed by atoms with Gasteiger partial charge in [0, 0.05) is 12.2 Å². The first-order valence-electron chi connectivity index (χ1n) is 7.99. The van der Waals surface area contributed by atoms with Crippen molar-refractivity contribution in [1.82, 2.24) is 14.9 Å². The molecule has 3 heterocycles. The highest BCUT2D eigenvalue weighted by molar-refractivity contribution is 7.99. The number of nitrogen functional groups attached to an aromatic ring is 1. The van der Waals surface area contributed by atoms with Crippen molar-refractivity contribution in [1.29, 1.82) is 0 Å². The van der Waals surface area contributed by atoms with E-state index in [1.807, 2.05) is 23.1 Å². The quantitative estimate of drug-likeness (QED) is 0.571. The molecular formula is C17H17N5O2S. The molecule has 128 valence electrons. The maximum atomic E-state index is 12.7. The maximum Gasteiger partial charge on any atom is 0.237 e. The maximum absolute atomic E-state index is 12.7. The third-order valence-electron chi connectivity index (χ3n) is 4.14. The number of thioether (sulfide) groups is 1. The highest BCUT2D eigenvalue weighted by atomic mass is 32.2. The number of carbonyl (C=O) groups excluding carboxylic acids is 1. The second-order valence-electron chi connectivity index (χ2n) is 5.72. The Kier molecular flexibility index (Phi) is 4.19. The molecule has 2 aromatic heterocycles. The molecule has 0 saturated carbocycles. The Morgan fingerprint density at radius 1 is 1.24 bits per heavy atom. The van der Waals surface area contributed by atoms with Crippen LogP contribution in [0, 0.1) is 0 Å². The zero-order valence-corrected chi connectivity index (χ0v) is 14.3. The Bertz CT molecular complexity index is 890. The summed E-state index contributed by atoms with van der Waals surface area (Å²) < 4.78 is 6.63. The molecule has 0 spiro atoms. The second-order valence-corrected chi connectivity index (χ2v) is 6.66. The number of nitrogens with two attached hydrogens (primary N) is 1. The summed E-state index contributed by atoms with van der Waals surface area (Å²) >= 11 is 1.27. The van der Waals surface area contributed by atoms with E-state index in [9.17, 15) is 4.79 Å². The molecule has 1 aromatic carbocycles. The van der Waals surface area contributed by atoms with Crippen LogP contribution in [0.2, 0.25) is 0 Å². The second kappa shape index (κ2) is 6.64. The summed E-state index contributed by atoms with van der Waals surface area (Å²) in [7, 11) is 0. The summed E-state index contributed by atoms with van der Waals surface area (Å²) in [6.45, 7) is 0.739. The Hall–Kier alpha value is -2.74. The van der Waals surface area contributed by atoms with Crippen LogP contribution in [0.5, 0.6) is 0 Å². The number of carbonyl (C=O) groups is 1. The van der Waals surface area contributed by atoms with E-state index in [0.29, 0.717) is 16.7 Å². The lowest BCUT2D eigenvalue weighted by Gasteiger charge is -2.29. The van der Waals surface area contributed by atoms with Gasteiger partial charge in [-0.25, -0.2) is 4.68 Å². The lowest BCUT2D eigenvalue weighted by molar-refractivity contribution is -0.116. The summed E-state index contributed by atoms with van der Waals surface area (Å²) in [5, 5.41) is 8.56. The van der Waals surface area contributed by atoms with Crippen molar-refractivity contribution in [3.63, 3.8) is 0 Å². The number of hydrogen-bond donors (Lipinski definition) is 1. The minimum absolute atomic E-state index is 0.0414. The van der Waals surface area contributed by atoms with Gasteiger partial charge in [-0.05, 0) is 36.6 Å². The molecule has 4 rings (SSSR count). The lowest BCUT2D eigenvalue weighted by Crippen LogP contribution is -2.36. The molecule has 0 atom stereocenters. The molecule has 0 aliphatic carbocycles. The molecule has 0 saturated heterocycles. The van der Waals surface area contributed by atoms with Gasteiger partial charge >= 0.3 is 0 Å². The lowest BCUT2D eigenvalue weighted by atomic mass is 10.0. The zero-order valence-electron chi connectivity index (χ0n) is 13.5. The predicted molar refractivity (Wildman–Crippen MR) is 95.7 cm³/mol. The third-order valence-corrected chi connectivity index (χ3v) is 5.07. The topological polar surface area (TPSA) is 90.2 Å². The minimum Gasteiger partial charge on any atom is -0.461 e. The fourth-order valence-corrected chi connectivity index (χ4v) is 3.68. The molecule has 0 bridgehead atoms. The molecule has 0 fully saturated rings. The predicted octanol–water partition coefficient (Wildman–Crippen LogP) is 2.32. The summed E-state index contributed by atoms with van der Waals surface area (Å²) in [4.78, 5) is 14.5. The van der Waals surface area contributed by atoms with Crippen LogP contribution in [0.15, 0.2) is 52.2 Å². The SMILES string of the molecule is Nn1c(SCC(=O)N2CCCc3ccccc32)nnc1-c1ccco1. The van der Waals surface area contributed by atoms with Gasteiger partial charge in [-0.3, -0.25) is 4.79 Å². The summed E-state index contributed by atoms with van der Waals surface area (Å²) in [6, 6.07) is 11.6. The number of fused-ring (bicyclic) bond motifs is 1. The van der Waals surface area contributed by atoms with Crippen molar-refractivity contribution in [3.8, 4) is 11.6 Å².